The Morgan fingerprint density at radius 1 is 1.29 bits per heavy atom. The van der Waals surface area contributed by atoms with E-state index in [-0.39, 0.29) is 24.3 Å². The summed E-state index contributed by atoms with van der Waals surface area (Å²) in [4.78, 5) is 13.6. The molecule has 0 saturated carbocycles. The molecule has 21 heavy (non-hydrogen) atoms. The van der Waals surface area contributed by atoms with Gasteiger partial charge in [0.25, 0.3) is 0 Å². The van der Waals surface area contributed by atoms with Gasteiger partial charge in [0.15, 0.2) is 12.1 Å². The summed E-state index contributed by atoms with van der Waals surface area (Å²) < 4.78 is 29.2. The molecule has 2 bridgehead atoms. The SMILES string of the molecule is CC[C@@]12COC(O1)[C@H](N1CCOC1=O)[C@H]1OC(C)(C)O[C@H]12. The van der Waals surface area contributed by atoms with Crippen molar-refractivity contribution in [1.29, 1.82) is 0 Å². The van der Waals surface area contributed by atoms with E-state index in [2.05, 4.69) is 6.92 Å². The average Bonchev–Trinajstić information content (AvgIpc) is 3.09. The van der Waals surface area contributed by atoms with Gasteiger partial charge in [0, 0.05) is 0 Å². The molecule has 0 spiro atoms. The summed E-state index contributed by atoms with van der Waals surface area (Å²) in [5.74, 6) is -0.687. The largest absolute Gasteiger partial charge is 0.448 e. The van der Waals surface area contributed by atoms with Crippen LogP contribution in [0.2, 0.25) is 0 Å². The number of hydrogen-bond donors (Lipinski definition) is 0. The first-order chi connectivity index (χ1) is 9.96. The quantitative estimate of drug-likeness (QED) is 0.753. The van der Waals surface area contributed by atoms with Gasteiger partial charge in [-0.15, -0.1) is 0 Å². The number of fused-ring (bicyclic) bond motifs is 4. The van der Waals surface area contributed by atoms with E-state index in [0.717, 1.165) is 6.42 Å². The second-order valence-corrected chi connectivity index (χ2v) is 6.53. The van der Waals surface area contributed by atoms with Gasteiger partial charge in [0.1, 0.15) is 30.5 Å². The molecule has 0 N–H and O–H groups in total. The van der Waals surface area contributed by atoms with Crippen LogP contribution >= 0.6 is 0 Å². The monoisotopic (exact) mass is 299 g/mol. The third kappa shape index (κ3) is 1.84. The molecule has 0 aromatic carbocycles. The molecular formula is C14H21NO6. The highest BCUT2D eigenvalue weighted by Crippen LogP contribution is 2.49. The first-order valence-corrected chi connectivity index (χ1v) is 7.54. The minimum atomic E-state index is -0.687. The van der Waals surface area contributed by atoms with Crippen molar-refractivity contribution in [3.63, 3.8) is 0 Å². The van der Waals surface area contributed by atoms with Crippen molar-refractivity contribution in [3.05, 3.63) is 0 Å². The van der Waals surface area contributed by atoms with E-state index in [9.17, 15) is 4.79 Å². The summed E-state index contributed by atoms with van der Waals surface area (Å²) in [7, 11) is 0. The molecule has 4 saturated heterocycles. The van der Waals surface area contributed by atoms with Crippen molar-refractivity contribution in [2.45, 2.75) is 63.1 Å². The number of carbonyl (C=O) groups excluding carboxylic acids is 1. The van der Waals surface area contributed by atoms with Crippen LogP contribution in [0.25, 0.3) is 0 Å². The molecule has 4 aliphatic rings. The Bertz CT molecular complexity index is 468. The molecule has 4 heterocycles. The van der Waals surface area contributed by atoms with E-state index in [0.29, 0.717) is 19.8 Å². The average molecular weight is 299 g/mol. The first-order valence-electron chi connectivity index (χ1n) is 7.54. The molecule has 4 fully saturated rings. The maximum absolute atomic E-state index is 11.9. The van der Waals surface area contributed by atoms with E-state index in [1.165, 1.54) is 0 Å². The van der Waals surface area contributed by atoms with Gasteiger partial charge in [-0.25, -0.2) is 4.79 Å². The number of nitrogens with zero attached hydrogens (tertiary/aromatic N) is 1. The Balaban J connectivity index is 1.71. The number of rotatable bonds is 2. The van der Waals surface area contributed by atoms with Crippen LogP contribution in [-0.4, -0.2) is 66.7 Å². The Morgan fingerprint density at radius 2 is 2.10 bits per heavy atom. The zero-order chi connectivity index (χ0) is 14.8. The summed E-state index contributed by atoms with van der Waals surface area (Å²) in [6.45, 7) is 7.22. The normalized spacial score (nSPS) is 47.6. The Morgan fingerprint density at radius 3 is 2.76 bits per heavy atom. The van der Waals surface area contributed by atoms with Gasteiger partial charge < -0.3 is 23.7 Å². The molecule has 0 aliphatic carbocycles. The van der Waals surface area contributed by atoms with E-state index >= 15 is 0 Å². The van der Waals surface area contributed by atoms with Gasteiger partial charge >= 0.3 is 6.09 Å². The lowest BCUT2D eigenvalue weighted by Crippen LogP contribution is -2.64. The first kappa shape index (κ1) is 13.8. The third-order valence-corrected chi connectivity index (χ3v) is 4.86. The van der Waals surface area contributed by atoms with Crippen LogP contribution < -0.4 is 0 Å². The van der Waals surface area contributed by atoms with E-state index in [1.807, 2.05) is 13.8 Å². The van der Waals surface area contributed by atoms with E-state index in [4.69, 9.17) is 23.7 Å². The topological polar surface area (TPSA) is 66.5 Å². The maximum atomic E-state index is 11.9. The molecule has 0 aromatic rings. The molecule has 118 valence electrons. The smallest absolute Gasteiger partial charge is 0.410 e. The predicted molar refractivity (Wildman–Crippen MR) is 69.5 cm³/mol. The minimum Gasteiger partial charge on any atom is -0.448 e. The molecule has 4 rings (SSSR count). The Hall–Kier alpha value is -0.890. The highest BCUT2D eigenvalue weighted by Gasteiger charge is 2.66. The van der Waals surface area contributed by atoms with Gasteiger partial charge in [-0.1, -0.05) is 6.92 Å². The third-order valence-electron chi connectivity index (χ3n) is 4.86. The van der Waals surface area contributed by atoms with Crippen LogP contribution in [-0.2, 0) is 23.7 Å². The molecule has 1 amide bonds. The number of cyclic esters (lactones) is 1. The number of amides is 1. The van der Waals surface area contributed by atoms with Crippen LogP contribution in [0.4, 0.5) is 4.79 Å². The molecule has 0 aromatic heterocycles. The molecule has 7 heteroatoms. The van der Waals surface area contributed by atoms with Crippen LogP contribution in [0, 0.1) is 0 Å². The lowest BCUT2D eigenvalue weighted by atomic mass is 9.85. The van der Waals surface area contributed by atoms with Crippen molar-refractivity contribution < 1.29 is 28.5 Å². The molecule has 0 radical (unpaired) electrons. The molecule has 7 nitrogen and oxygen atoms in total. The molecule has 4 aliphatic heterocycles. The van der Waals surface area contributed by atoms with Crippen LogP contribution in [0.5, 0.6) is 0 Å². The van der Waals surface area contributed by atoms with Crippen LogP contribution in [0.1, 0.15) is 27.2 Å². The van der Waals surface area contributed by atoms with E-state index in [1.54, 1.807) is 4.90 Å². The molecule has 5 atom stereocenters. The summed E-state index contributed by atoms with van der Waals surface area (Å²) in [6.07, 6.45) is -0.535. The Labute approximate surface area is 123 Å². The molecular weight excluding hydrogens is 278 g/mol. The highest BCUT2D eigenvalue weighted by atomic mass is 16.8. The summed E-state index contributed by atoms with van der Waals surface area (Å²) in [6, 6.07) is -0.325. The second kappa shape index (κ2) is 4.32. The van der Waals surface area contributed by atoms with Crippen molar-refractivity contribution in [3.8, 4) is 0 Å². The lowest BCUT2D eigenvalue weighted by Gasteiger charge is -2.44. The van der Waals surface area contributed by atoms with Gasteiger partial charge in [0.05, 0.1) is 13.2 Å². The van der Waals surface area contributed by atoms with Gasteiger partial charge in [-0.3, -0.25) is 4.90 Å². The number of hydrogen-bond acceptors (Lipinski definition) is 6. The van der Waals surface area contributed by atoms with Crippen molar-refractivity contribution >= 4 is 6.09 Å². The predicted octanol–water partition coefficient (Wildman–Crippen LogP) is 0.863. The maximum Gasteiger partial charge on any atom is 0.410 e. The summed E-state index contributed by atoms with van der Waals surface area (Å²) in [5.41, 5.74) is -0.483. The minimum absolute atomic E-state index is 0.241. The van der Waals surface area contributed by atoms with Crippen LogP contribution in [0.3, 0.4) is 0 Å². The second-order valence-electron chi connectivity index (χ2n) is 6.53. The highest BCUT2D eigenvalue weighted by molar-refractivity contribution is 5.70. The van der Waals surface area contributed by atoms with Crippen LogP contribution in [0.15, 0.2) is 0 Å². The van der Waals surface area contributed by atoms with E-state index < -0.39 is 17.7 Å². The Kier molecular flexibility index (Phi) is 2.83. The number of carbonyl (C=O) groups is 1. The zero-order valence-electron chi connectivity index (χ0n) is 12.5. The summed E-state index contributed by atoms with van der Waals surface area (Å²) in [5, 5.41) is 0. The molecule has 1 unspecified atom stereocenters. The fourth-order valence-corrected chi connectivity index (χ4v) is 3.83. The van der Waals surface area contributed by atoms with Gasteiger partial charge in [0.2, 0.25) is 0 Å². The fraction of sp³-hybridized carbons (Fsp3) is 0.929. The van der Waals surface area contributed by atoms with Gasteiger partial charge in [-0.2, -0.15) is 0 Å². The van der Waals surface area contributed by atoms with Crippen molar-refractivity contribution in [2.24, 2.45) is 0 Å². The fourth-order valence-electron chi connectivity index (χ4n) is 3.83. The van der Waals surface area contributed by atoms with Crippen molar-refractivity contribution in [2.75, 3.05) is 19.8 Å². The van der Waals surface area contributed by atoms with Crippen molar-refractivity contribution in [1.82, 2.24) is 4.90 Å². The number of ether oxygens (including phenoxy) is 5. The zero-order valence-corrected chi connectivity index (χ0v) is 12.5. The lowest BCUT2D eigenvalue weighted by molar-refractivity contribution is -0.209. The summed E-state index contributed by atoms with van der Waals surface area (Å²) >= 11 is 0. The van der Waals surface area contributed by atoms with Gasteiger partial charge in [-0.05, 0) is 20.3 Å². The standard InChI is InChI=1S/C14H21NO6/c1-4-14-7-18-11(21-14)8(15-5-6-17-12(15)16)9-10(14)20-13(2,3)19-9/h8-11H,4-7H2,1-3H3/t8-,9-,10-,11?,14+/m1/s1.